The van der Waals surface area contributed by atoms with Gasteiger partial charge in [0, 0.05) is 32.7 Å². The first-order valence-electron chi connectivity index (χ1n) is 6.40. The summed E-state index contributed by atoms with van der Waals surface area (Å²) in [6.07, 6.45) is 1.33. The number of thiophene rings is 1. The lowest BCUT2D eigenvalue weighted by molar-refractivity contribution is 0.182. The Morgan fingerprint density at radius 3 is 2.62 bits per heavy atom. The molecule has 0 atom stereocenters. The van der Waals surface area contributed by atoms with Crippen LogP contribution >= 0.6 is 34.3 Å². The average molecular weight is 364 g/mol. The molecule has 3 heterocycles. The van der Waals surface area contributed by atoms with Crippen LogP contribution in [0.4, 0.5) is 0 Å². The number of nitrogens with zero attached hydrogens (tertiary/aromatic N) is 3. The highest BCUT2D eigenvalue weighted by atomic mass is 35.5. The van der Waals surface area contributed by atoms with E-state index in [-0.39, 0.29) is 8.68 Å². The third kappa shape index (κ3) is 3.46. The molecule has 2 aromatic rings. The van der Waals surface area contributed by atoms with Crippen LogP contribution in [0.2, 0.25) is 4.47 Å². The van der Waals surface area contributed by atoms with Gasteiger partial charge in [-0.25, -0.2) is 13.4 Å². The smallest absolute Gasteiger partial charge is 0.254 e. The Labute approximate surface area is 136 Å². The molecule has 2 aromatic heterocycles. The lowest BCUT2D eigenvalue weighted by atomic mass is 10.3. The van der Waals surface area contributed by atoms with E-state index in [4.69, 9.17) is 11.6 Å². The van der Waals surface area contributed by atoms with Gasteiger partial charge in [-0.05, 0) is 22.4 Å². The molecule has 1 fully saturated rings. The number of hydrogen-bond acceptors (Lipinski definition) is 6. The summed E-state index contributed by atoms with van der Waals surface area (Å²) in [7, 11) is -3.45. The quantitative estimate of drug-likeness (QED) is 0.836. The summed E-state index contributed by atoms with van der Waals surface area (Å²) in [5, 5.41) is 4.19. The van der Waals surface area contributed by atoms with Crippen LogP contribution in [0.5, 0.6) is 0 Å². The van der Waals surface area contributed by atoms with Gasteiger partial charge < -0.3 is 0 Å². The summed E-state index contributed by atoms with van der Waals surface area (Å²) in [6, 6.07) is 2.10. The van der Waals surface area contributed by atoms with Gasteiger partial charge in [0.05, 0.1) is 6.20 Å². The highest BCUT2D eigenvalue weighted by Crippen LogP contribution is 2.26. The Hall–Kier alpha value is -0.510. The molecule has 114 valence electrons. The van der Waals surface area contributed by atoms with Gasteiger partial charge in [-0.1, -0.05) is 22.9 Å². The number of hydrogen-bond donors (Lipinski definition) is 0. The molecular weight excluding hydrogens is 350 g/mol. The zero-order valence-corrected chi connectivity index (χ0v) is 14.3. The van der Waals surface area contributed by atoms with Crippen LogP contribution in [-0.2, 0) is 16.6 Å². The molecule has 0 saturated carbocycles. The molecule has 0 unspecified atom stereocenters. The minimum atomic E-state index is -3.45. The Kier molecular flexibility index (Phi) is 4.63. The van der Waals surface area contributed by atoms with Gasteiger partial charge in [0.15, 0.2) is 8.68 Å². The van der Waals surface area contributed by atoms with Crippen molar-refractivity contribution >= 4 is 44.3 Å². The lowest BCUT2D eigenvalue weighted by Crippen LogP contribution is -2.47. The summed E-state index contributed by atoms with van der Waals surface area (Å²) < 4.78 is 26.9. The van der Waals surface area contributed by atoms with E-state index < -0.39 is 10.0 Å². The van der Waals surface area contributed by atoms with Gasteiger partial charge in [-0.15, -0.1) is 0 Å². The molecular formula is C12H14ClN3O2S3. The number of aromatic nitrogens is 1. The van der Waals surface area contributed by atoms with Crippen LogP contribution in [0.3, 0.4) is 0 Å². The van der Waals surface area contributed by atoms with Crippen molar-refractivity contribution in [2.45, 2.75) is 10.8 Å². The molecule has 9 heteroatoms. The van der Waals surface area contributed by atoms with Crippen molar-refractivity contribution in [1.29, 1.82) is 0 Å². The number of thiazole rings is 1. The maximum Gasteiger partial charge on any atom is 0.254 e. The molecule has 21 heavy (non-hydrogen) atoms. The zero-order valence-electron chi connectivity index (χ0n) is 11.1. The molecule has 1 saturated heterocycles. The molecule has 0 amide bonds. The lowest BCUT2D eigenvalue weighted by Gasteiger charge is -2.33. The van der Waals surface area contributed by atoms with E-state index >= 15 is 0 Å². The van der Waals surface area contributed by atoms with Crippen LogP contribution < -0.4 is 0 Å². The highest BCUT2D eigenvalue weighted by Gasteiger charge is 2.30. The summed E-state index contributed by atoms with van der Waals surface area (Å²) >= 11 is 8.41. The third-order valence-corrected chi connectivity index (χ3v) is 7.55. The van der Waals surface area contributed by atoms with Crippen LogP contribution in [0, 0.1) is 0 Å². The van der Waals surface area contributed by atoms with E-state index in [0.29, 0.717) is 13.1 Å². The van der Waals surface area contributed by atoms with Gasteiger partial charge in [0.2, 0.25) is 0 Å². The van der Waals surface area contributed by atoms with Crippen molar-refractivity contribution in [2.24, 2.45) is 0 Å². The van der Waals surface area contributed by atoms with Gasteiger partial charge >= 0.3 is 0 Å². The van der Waals surface area contributed by atoms with Gasteiger partial charge in [0.25, 0.3) is 10.0 Å². The zero-order chi connectivity index (χ0) is 14.9. The molecule has 3 rings (SSSR count). The second kappa shape index (κ2) is 6.31. The molecule has 0 aliphatic carbocycles. The van der Waals surface area contributed by atoms with Crippen molar-refractivity contribution in [1.82, 2.24) is 14.2 Å². The van der Waals surface area contributed by atoms with Crippen LogP contribution in [0.15, 0.2) is 27.2 Å². The molecule has 0 spiro atoms. The fourth-order valence-corrected chi connectivity index (χ4v) is 5.79. The first kappa shape index (κ1) is 15.4. The number of sulfonamides is 1. The van der Waals surface area contributed by atoms with Crippen molar-refractivity contribution in [3.8, 4) is 0 Å². The van der Waals surface area contributed by atoms with E-state index in [1.165, 1.54) is 16.1 Å². The van der Waals surface area contributed by atoms with Crippen molar-refractivity contribution in [3.63, 3.8) is 0 Å². The van der Waals surface area contributed by atoms with Gasteiger partial charge in [-0.3, -0.25) is 4.90 Å². The van der Waals surface area contributed by atoms with Crippen LogP contribution in [0.25, 0.3) is 0 Å². The van der Waals surface area contributed by atoms with Crippen LogP contribution in [0.1, 0.15) is 5.56 Å². The summed E-state index contributed by atoms with van der Waals surface area (Å²) in [5.74, 6) is 0. The monoisotopic (exact) mass is 363 g/mol. The average Bonchev–Trinajstić information content (AvgIpc) is 3.11. The number of halogens is 1. The maximum absolute atomic E-state index is 12.4. The normalized spacial score (nSPS) is 18.1. The van der Waals surface area contributed by atoms with E-state index in [9.17, 15) is 8.42 Å². The summed E-state index contributed by atoms with van der Waals surface area (Å²) in [4.78, 5) is 6.08. The Morgan fingerprint density at radius 1 is 1.29 bits per heavy atom. The fraction of sp³-hybridized carbons (Fsp3) is 0.417. The van der Waals surface area contributed by atoms with Crippen molar-refractivity contribution in [2.75, 3.05) is 26.2 Å². The third-order valence-electron chi connectivity index (χ3n) is 3.37. The maximum atomic E-state index is 12.4. The molecule has 0 radical (unpaired) electrons. The van der Waals surface area contributed by atoms with Crippen molar-refractivity contribution in [3.05, 3.63) is 33.1 Å². The summed E-state index contributed by atoms with van der Waals surface area (Å²) in [6.45, 7) is 3.36. The Bertz CT molecular complexity index is 691. The number of rotatable bonds is 4. The van der Waals surface area contributed by atoms with E-state index in [2.05, 4.69) is 26.7 Å². The van der Waals surface area contributed by atoms with Gasteiger partial charge in [-0.2, -0.15) is 15.6 Å². The molecule has 0 N–H and O–H groups in total. The first-order valence-corrected chi connectivity index (χ1v) is 9.98. The Balaban J connectivity index is 1.63. The second-order valence-corrected chi connectivity index (χ2v) is 9.30. The van der Waals surface area contributed by atoms with Gasteiger partial charge in [0.1, 0.15) is 0 Å². The SMILES string of the molecule is O=S(=O)(c1cnc(Cl)s1)N1CCN(Cc2ccsc2)CC1. The van der Waals surface area contributed by atoms with Crippen LogP contribution in [-0.4, -0.2) is 48.8 Å². The molecule has 0 bridgehead atoms. The molecule has 0 aromatic carbocycles. The molecule has 1 aliphatic rings. The Morgan fingerprint density at radius 2 is 2.05 bits per heavy atom. The van der Waals surface area contributed by atoms with Crippen molar-refractivity contribution < 1.29 is 8.42 Å². The minimum absolute atomic E-state index is 0.221. The standard InChI is InChI=1S/C12H14ClN3O2S3/c13-12-14-7-11(20-12)21(17,18)16-4-2-15(3-5-16)8-10-1-6-19-9-10/h1,6-7,9H,2-5,8H2. The summed E-state index contributed by atoms with van der Waals surface area (Å²) in [5.41, 5.74) is 1.28. The predicted molar refractivity (Wildman–Crippen MR) is 85.5 cm³/mol. The largest absolute Gasteiger partial charge is 0.296 e. The topological polar surface area (TPSA) is 53.5 Å². The number of piperazine rings is 1. The fourth-order valence-electron chi connectivity index (χ4n) is 2.25. The first-order chi connectivity index (χ1) is 10.1. The highest BCUT2D eigenvalue weighted by molar-refractivity contribution is 7.91. The second-order valence-electron chi connectivity index (χ2n) is 4.74. The molecule has 5 nitrogen and oxygen atoms in total. The molecule has 1 aliphatic heterocycles. The van der Waals surface area contributed by atoms with E-state index in [1.54, 1.807) is 11.3 Å². The minimum Gasteiger partial charge on any atom is -0.296 e. The van der Waals surface area contributed by atoms with E-state index in [0.717, 1.165) is 31.0 Å². The van der Waals surface area contributed by atoms with E-state index in [1.807, 2.05) is 0 Å². The predicted octanol–water partition coefficient (Wildman–Crippen LogP) is 2.36.